The van der Waals surface area contributed by atoms with Crippen molar-refractivity contribution in [3.63, 3.8) is 0 Å². The first-order valence-electron chi connectivity index (χ1n) is 13.4. The van der Waals surface area contributed by atoms with Gasteiger partial charge in [0.25, 0.3) is 0 Å². The Morgan fingerprint density at radius 3 is 2.18 bits per heavy atom. The number of fused-ring (bicyclic) bond motifs is 1. The Morgan fingerprint density at radius 2 is 1.48 bits per heavy atom. The maximum Gasteiger partial charge on any atom is 0.239 e. The van der Waals surface area contributed by atoms with Gasteiger partial charge in [0, 0.05) is 17.7 Å². The molecule has 1 aromatic heterocycles. The van der Waals surface area contributed by atoms with E-state index in [9.17, 15) is 50.8 Å². The normalized spacial score (nSPS) is 32.5. The summed E-state index contributed by atoms with van der Waals surface area (Å²) in [5.41, 5.74) is -1.11. The summed E-state index contributed by atoms with van der Waals surface area (Å²) in [5, 5.41) is 92.1. The van der Waals surface area contributed by atoms with Gasteiger partial charge in [0.15, 0.2) is 23.5 Å². The molecule has 9 N–H and O–H groups in total. The van der Waals surface area contributed by atoms with E-state index < -0.39 is 96.1 Å². The predicted octanol–water partition coefficient (Wildman–Crippen LogP) is -1.38. The minimum absolute atomic E-state index is 0.0151. The SMILES string of the molecule is COc1cc(-c2oc3cc(O)cc(O)c3c(=O)c2O[C@H]2O[C@H](CO[C@@H]3O[C@@H](C)[C@H](O)[C@@H](O)[C@H]3O)[C@@H](O)[C@H](O)[C@H]2O)ccc1O. The van der Waals surface area contributed by atoms with E-state index in [0.717, 1.165) is 12.1 Å². The number of aliphatic hydroxyl groups excluding tert-OH is 6. The lowest BCUT2D eigenvalue weighted by atomic mass is 9.98. The Balaban J connectivity index is 1.49. The van der Waals surface area contributed by atoms with Crippen LogP contribution in [0, 0.1) is 0 Å². The first kappa shape index (κ1) is 31.7. The fourth-order valence-corrected chi connectivity index (χ4v) is 4.99. The molecule has 2 fully saturated rings. The largest absolute Gasteiger partial charge is 0.508 e. The number of ether oxygens (including phenoxy) is 5. The van der Waals surface area contributed by atoms with Gasteiger partial charge in [0.2, 0.25) is 17.5 Å². The molecule has 0 spiro atoms. The molecule has 0 aliphatic carbocycles. The minimum Gasteiger partial charge on any atom is -0.508 e. The third kappa shape index (κ3) is 5.74. The van der Waals surface area contributed by atoms with Crippen LogP contribution in [0.5, 0.6) is 28.7 Å². The van der Waals surface area contributed by atoms with Crippen LogP contribution in [-0.4, -0.2) is 121 Å². The second-order valence-electron chi connectivity index (χ2n) is 10.5. The molecule has 3 heterocycles. The maximum absolute atomic E-state index is 13.7. The molecule has 16 nitrogen and oxygen atoms in total. The van der Waals surface area contributed by atoms with E-state index in [1.54, 1.807) is 0 Å². The number of aromatic hydroxyl groups is 3. The molecular weight excluding hydrogens is 592 g/mol. The molecule has 240 valence electrons. The van der Waals surface area contributed by atoms with Crippen LogP contribution in [0.15, 0.2) is 39.5 Å². The van der Waals surface area contributed by atoms with Gasteiger partial charge < -0.3 is 74.1 Å². The van der Waals surface area contributed by atoms with Gasteiger partial charge in [-0.25, -0.2) is 0 Å². The topological polar surface area (TPSA) is 258 Å². The molecule has 0 saturated carbocycles. The molecule has 2 aliphatic rings. The Bertz CT molecular complexity index is 1560. The molecule has 0 bridgehead atoms. The van der Waals surface area contributed by atoms with Crippen molar-refractivity contribution in [3.05, 3.63) is 40.6 Å². The van der Waals surface area contributed by atoms with Crippen molar-refractivity contribution < 1.29 is 74.1 Å². The standard InChI is InChI=1S/C28H32O16/c1-9-18(32)21(35)23(37)27(41-9)40-8-16-19(33)22(36)24(38)28(43-16)44-26-20(34)17-13(31)6-11(29)7-15(17)42-25(26)10-3-4-12(30)14(5-10)39-2/h3-7,9,16,18-19,21-24,27-33,35-38H,8H2,1-2H3/t9-,16+,18-,19+,21+,22-,23+,24+,27+,28+/m0/s1. The van der Waals surface area contributed by atoms with Gasteiger partial charge in [-0.1, -0.05) is 0 Å². The van der Waals surface area contributed by atoms with Crippen molar-refractivity contribution in [2.75, 3.05) is 13.7 Å². The molecule has 2 aliphatic heterocycles. The second kappa shape index (κ2) is 12.4. The monoisotopic (exact) mass is 624 g/mol. The van der Waals surface area contributed by atoms with Gasteiger partial charge in [-0.05, 0) is 25.1 Å². The van der Waals surface area contributed by atoms with Crippen LogP contribution in [0.25, 0.3) is 22.3 Å². The molecule has 44 heavy (non-hydrogen) atoms. The van der Waals surface area contributed by atoms with E-state index in [0.29, 0.717) is 0 Å². The van der Waals surface area contributed by atoms with Crippen molar-refractivity contribution in [2.24, 2.45) is 0 Å². The van der Waals surface area contributed by atoms with Gasteiger partial charge in [-0.3, -0.25) is 4.79 Å². The van der Waals surface area contributed by atoms with Crippen molar-refractivity contribution in [3.8, 4) is 40.1 Å². The minimum atomic E-state index is -1.94. The Kier molecular flexibility index (Phi) is 8.90. The van der Waals surface area contributed by atoms with Crippen LogP contribution < -0.4 is 14.9 Å². The maximum atomic E-state index is 13.7. The van der Waals surface area contributed by atoms with E-state index in [2.05, 4.69) is 0 Å². The van der Waals surface area contributed by atoms with E-state index >= 15 is 0 Å². The van der Waals surface area contributed by atoms with Crippen molar-refractivity contribution >= 4 is 11.0 Å². The molecular formula is C28H32O16. The smallest absolute Gasteiger partial charge is 0.239 e. The van der Waals surface area contributed by atoms with Crippen LogP contribution in [0.3, 0.4) is 0 Å². The molecule has 16 heteroatoms. The third-order valence-electron chi connectivity index (χ3n) is 7.50. The summed E-state index contributed by atoms with van der Waals surface area (Å²) in [5.74, 6) is -2.28. The predicted molar refractivity (Wildman–Crippen MR) is 145 cm³/mol. The lowest BCUT2D eigenvalue weighted by Gasteiger charge is -2.42. The first-order valence-corrected chi connectivity index (χ1v) is 13.4. The van der Waals surface area contributed by atoms with E-state index in [4.69, 9.17) is 28.1 Å². The van der Waals surface area contributed by atoms with Crippen molar-refractivity contribution in [1.82, 2.24) is 0 Å². The molecule has 5 rings (SSSR count). The van der Waals surface area contributed by atoms with Gasteiger partial charge in [0.05, 0.1) is 19.8 Å². The number of rotatable bonds is 7. The highest BCUT2D eigenvalue weighted by atomic mass is 16.7. The Morgan fingerprint density at radius 1 is 0.795 bits per heavy atom. The molecule has 2 aromatic carbocycles. The number of phenols is 3. The zero-order chi connectivity index (χ0) is 32.0. The van der Waals surface area contributed by atoms with Crippen LogP contribution >= 0.6 is 0 Å². The van der Waals surface area contributed by atoms with Gasteiger partial charge in [0.1, 0.15) is 65.2 Å². The van der Waals surface area contributed by atoms with Gasteiger partial charge >= 0.3 is 0 Å². The summed E-state index contributed by atoms with van der Waals surface area (Å²) in [6, 6.07) is 5.83. The third-order valence-corrected chi connectivity index (χ3v) is 7.50. The molecule has 3 aromatic rings. The number of phenolic OH excluding ortho intramolecular Hbond substituents is 3. The Hall–Kier alpha value is -3.71. The Labute approximate surface area is 248 Å². The second-order valence-corrected chi connectivity index (χ2v) is 10.5. The lowest BCUT2D eigenvalue weighted by Crippen LogP contribution is -2.61. The fraction of sp³-hybridized carbons (Fsp3) is 0.464. The molecule has 0 radical (unpaired) electrons. The van der Waals surface area contributed by atoms with Crippen molar-refractivity contribution in [1.29, 1.82) is 0 Å². The summed E-state index contributed by atoms with van der Waals surface area (Å²) in [7, 11) is 1.28. The highest BCUT2D eigenvalue weighted by Gasteiger charge is 2.47. The summed E-state index contributed by atoms with van der Waals surface area (Å²) >= 11 is 0. The number of hydrogen-bond acceptors (Lipinski definition) is 16. The number of aliphatic hydroxyl groups is 6. The van der Waals surface area contributed by atoms with Crippen LogP contribution in [0.2, 0.25) is 0 Å². The van der Waals surface area contributed by atoms with E-state index in [1.165, 1.54) is 32.2 Å². The van der Waals surface area contributed by atoms with E-state index in [-0.39, 0.29) is 28.4 Å². The molecule has 0 unspecified atom stereocenters. The lowest BCUT2D eigenvalue weighted by molar-refractivity contribution is -0.318. The zero-order valence-corrected chi connectivity index (χ0v) is 23.3. The first-order chi connectivity index (χ1) is 20.8. The number of hydrogen-bond donors (Lipinski definition) is 9. The molecule has 0 amide bonds. The summed E-state index contributed by atoms with van der Waals surface area (Å²) in [4.78, 5) is 13.7. The highest BCUT2D eigenvalue weighted by molar-refractivity contribution is 5.88. The fourth-order valence-electron chi connectivity index (χ4n) is 4.99. The average Bonchev–Trinajstić information content (AvgIpc) is 2.98. The van der Waals surface area contributed by atoms with Crippen LogP contribution in [0.4, 0.5) is 0 Å². The number of methoxy groups -OCH3 is 1. The van der Waals surface area contributed by atoms with Crippen LogP contribution in [0.1, 0.15) is 6.92 Å². The molecule has 10 atom stereocenters. The van der Waals surface area contributed by atoms with E-state index in [1.807, 2.05) is 0 Å². The number of benzene rings is 2. The zero-order valence-electron chi connectivity index (χ0n) is 23.3. The highest BCUT2D eigenvalue weighted by Crippen LogP contribution is 2.39. The van der Waals surface area contributed by atoms with Crippen LogP contribution in [-0.2, 0) is 14.2 Å². The van der Waals surface area contributed by atoms with Gasteiger partial charge in [-0.2, -0.15) is 0 Å². The average molecular weight is 625 g/mol. The summed E-state index contributed by atoms with van der Waals surface area (Å²) in [6.07, 6.45) is -16.0. The summed E-state index contributed by atoms with van der Waals surface area (Å²) in [6.45, 7) is 0.845. The molecule has 2 saturated heterocycles. The summed E-state index contributed by atoms with van der Waals surface area (Å²) < 4.78 is 33.2. The van der Waals surface area contributed by atoms with Crippen molar-refractivity contribution in [2.45, 2.75) is 68.3 Å². The van der Waals surface area contributed by atoms with Gasteiger partial charge in [-0.15, -0.1) is 0 Å². The quantitative estimate of drug-likeness (QED) is 0.147.